The summed E-state index contributed by atoms with van der Waals surface area (Å²) in [5.74, 6) is 2.43. The summed E-state index contributed by atoms with van der Waals surface area (Å²) < 4.78 is 0. The van der Waals surface area contributed by atoms with Crippen LogP contribution >= 0.6 is 0 Å². The van der Waals surface area contributed by atoms with Gasteiger partial charge in [-0.15, -0.1) is 0 Å². The lowest BCUT2D eigenvalue weighted by atomic mass is 9.85. The van der Waals surface area contributed by atoms with Gasteiger partial charge in [-0.05, 0) is 31.1 Å². The van der Waals surface area contributed by atoms with Crippen LogP contribution in [0.1, 0.15) is 52.4 Å². The third-order valence-electron chi connectivity index (χ3n) is 4.38. The minimum absolute atomic E-state index is 0.385. The number of carbonyl (C=O) groups is 1. The highest BCUT2D eigenvalue weighted by Crippen LogP contribution is 2.26. The lowest BCUT2D eigenvalue weighted by molar-refractivity contribution is -0.125. The van der Waals surface area contributed by atoms with E-state index in [4.69, 9.17) is 0 Å². The fourth-order valence-corrected chi connectivity index (χ4v) is 3.70. The van der Waals surface area contributed by atoms with Crippen molar-refractivity contribution in [2.24, 2.45) is 17.8 Å². The summed E-state index contributed by atoms with van der Waals surface area (Å²) in [6.07, 6.45) is 7.50. The highest BCUT2D eigenvalue weighted by atomic mass is 16.1. The molecule has 98 valence electrons. The van der Waals surface area contributed by atoms with Gasteiger partial charge in [-0.2, -0.15) is 0 Å². The molecule has 0 amide bonds. The van der Waals surface area contributed by atoms with Crippen LogP contribution in [0, 0.1) is 17.8 Å². The third kappa shape index (κ3) is 3.80. The van der Waals surface area contributed by atoms with Gasteiger partial charge in [0.15, 0.2) is 0 Å². The Kier molecular flexibility index (Phi) is 4.61. The molecule has 0 radical (unpaired) electrons. The lowest BCUT2D eigenvalue weighted by Gasteiger charge is -2.35. The maximum absolute atomic E-state index is 12.2. The van der Waals surface area contributed by atoms with Gasteiger partial charge in [0.25, 0.3) is 0 Å². The van der Waals surface area contributed by atoms with E-state index in [0.717, 1.165) is 44.3 Å². The Bertz CT molecular complexity index is 248. The molecule has 2 atom stereocenters. The second-order valence-electron chi connectivity index (χ2n) is 6.44. The number of nitrogens with zero attached hydrogens (tertiary/aromatic N) is 1. The van der Waals surface area contributed by atoms with Gasteiger partial charge in [0, 0.05) is 19.0 Å². The third-order valence-corrected chi connectivity index (χ3v) is 4.38. The molecular formula is C15H27NO. The Hall–Kier alpha value is -0.370. The van der Waals surface area contributed by atoms with E-state index in [1.165, 1.54) is 25.7 Å². The Morgan fingerprint density at radius 3 is 2.24 bits per heavy atom. The molecule has 0 aromatic rings. The number of hydrogen-bond acceptors (Lipinski definition) is 2. The molecule has 0 aromatic heterocycles. The maximum Gasteiger partial charge on any atom is 0.149 e. The van der Waals surface area contributed by atoms with Crippen LogP contribution in [-0.4, -0.2) is 30.3 Å². The first kappa shape index (κ1) is 13.1. The summed E-state index contributed by atoms with van der Waals surface area (Å²) in [6, 6.07) is 0. The topological polar surface area (TPSA) is 20.3 Å². The Morgan fingerprint density at radius 2 is 1.65 bits per heavy atom. The van der Waals surface area contributed by atoms with Gasteiger partial charge in [-0.3, -0.25) is 9.69 Å². The highest BCUT2D eigenvalue weighted by Gasteiger charge is 2.27. The summed E-state index contributed by atoms with van der Waals surface area (Å²) in [4.78, 5) is 14.6. The molecule has 2 rings (SSSR count). The van der Waals surface area contributed by atoms with Gasteiger partial charge < -0.3 is 0 Å². The first-order chi connectivity index (χ1) is 8.15. The van der Waals surface area contributed by atoms with Gasteiger partial charge in [0.2, 0.25) is 0 Å². The van der Waals surface area contributed by atoms with Crippen molar-refractivity contribution in [1.29, 1.82) is 0 Å². The molecular weight excluding hydrogens is 210 g/mol. The van der Waals surface area contributed by atoms with E-state index < -0.39 is 0 Å². The molecule has 0 N–H and O–H groups in total. The van der Waals surface area contributed by atoms with Crippen LogP contribution in [-0.2, 0) is 4.79 Å². The summed E-state index contributed by atoms with van der Waals surface area (Å²) in [6.45, 7) is 7.60. The van der Waals surface area contributed by atoms with E-state index in [0.29, 0.717) is 11.7 Å². The van der Waals surface area contributed by atoms with Crippen molar-refractivity contribution in [2.75, 3.05) is 19.6 Å². The van der Waals surface area contributed by atoms with Crippen LogP contribution in [0.25, 0.3) is 0 Å². The zero-order chi connectivity index (χ0) is 12.3. The number of carbonyl (C=O) groups excluding carboxylic acids is 1. The zero-order valence-electron chi connectivity index (χ0n) is 11.5. The summed E-state index contributed by atoms with van der Waals surface area (Å²) in [5.41, 5.74) is 0. The summed E-state index contributed by atoms with van der Waals surface area (Å²) in [7, 11) is 0. The molecule has 0 aromatic carbocycles. The average molecular weight is 237 g/mol. The first-order valence-electron chi connectivity index (χ1n) is 7.40. The van der Waals surface area contributed by atoms with Crippen molar-refractivity contribution in [3.8, 4) is 0 Å². The molecule has 1 saturated heterocycles. The van der Waals surface area contributed by atoms with E-state index >= 15 is 0 Å². The normalized spacial score (nSPS) is 32.6. The van der Waals surface area contributed by atoms with Crippen LogP contribution in [0.15, 0.2) is 0 Å². The number of likely N-dealkylation sites (tertiary alicyclic amines) is 1. The predicted octanol–water partition coefficient (Wildman–Crippen LogP) is 3.11. The summed E-state index contributed by atoms with van der Waals surface area (Å²) >= 11 is 0. The predicted molar refractivity (Wildman–Crippen MR) is 71.0 cm³/mol. The molecule has 1 saturated carbocycles. The van der Waals surface area contributed by atoms with Crippen LogP contribution < -0.4 is 0 Å². The Balaban J connectivity index is 1.80. The molecule has 2 heteroatoms. The molecule has 2 aliphatic rings. The van der Waals surface area contributed by atoms with Gasteiger partial charge in [0.1, 0.15) is 5.78 Å². The molecule has 1 aliphatic heterocycles. The summed E-state index contributed by atoms with van der Waals surface area (Å²) in [5, 5.41) is 0. The van der Waals surface area contributed by atoms with Crippen molar-refractivity contribution < 1.29 is 4.79 Å². The highest BCUT2D eigenvalue weighted by molar-refractivity contribution is 5.83. The van der Waals surface area contributed by atoms with Gasteiger partial charge in [0.05, 0.1) is 6.54 Å². The van der Waals surface area contributed by atoms with E-state index in [1.807, 2.05) is 0 Å². The largest absolute Gasteiger partial charge is 0.298 e. The standard InChI is InChI=1S/C15H27NO/c1-12-8-13(2)10-16(9-12)11-15(17)14-6-4-3-5-7-14/h12-14H,3-11H2,1-2H3. The maximum atomic E-state index is 12.2. The van der Waals surface area contributed by atoms with Crippen LogP contribution in [0.2, 0.25) is 0 Å². The molecule has 2 fully saturated rings. The minimum atomic E-state index is 0.385. The van der Waals surface area contributed by atoms with Crippen molar-refractivity contribution in [1.82, 2.24) is 4.90 Å². The number of hydrogen-bond donors (Lipinski definition) is 0. The number of Topliss-reactive ketones (excluding diaryl/α,β-unsaturated/α-hetero) is 1. The quantitative estimate of drug-likeness (QED) is 0.751. The number of rotatable bonds is 3. The average Bonchev–Trinajstić information content (AvgIpc) is 2.28. The number of ketones is 1. The molecule has 17 heavy (non-hydrogen) atoms. The van der Waals surface area contributed by atoms with Crippen LogP contribution in [0.5, 0.6) is 0 Å². The Morgan fingerprint density at radius 1 is 1.06 bits per heavy atom. The second kappa shape index (κ2) is 5.99. The molecule has 0 spiro atoms. The number of piperidine rings is 1. The van der Waals surface area contributed by atoms with E-state index in [1.54, 1.807) is 0 Å². The molecule has 2 unspecified atom stereocenters. The zero-order valence-corrected chi connectivity index (χ0v) is 11.5. The van der Waals surface area contributed by atoms with Crippen molar-refractivity contribution in [3.05, 3.63) is 0 Å². The van der Waals surface area contributed by atoms with Crippen molar-refractivity contribution in [3.63, 3.8) is 0 Å². The SMILES string of the molecule is CC1CC(C)CN(CC(=O)C2CCCCC2)C1. The Labute approximate surface area is 106 Å². The van der Waals surface area contributed by atoms with Gasteiger partial charge in [-0.1, -0.05) is 33.1 Å². The second-order valence-corrected chi connectivity index (χ2v) is 6.44. The fourth-order valence-electron chi connectivity index (χ4n) is 3.70. The monoisotopic (exact) mass is 237 g/mol. The van der Waals surface area contributed by atoms with E-state index in [-0.39, 0.29) is 0 Å². The molecule has 1 heterocycles. The smallest absolute Gasteiger partial charge is 0.149 e. The molecule has 0 bridgehead atoms. The lowest BCUT2D eigenvalue weighted by Crippen LogP contribution is -2.43. The molecule has 2 nitrogen and oxygen atoms in total. The van der Waals surface area contributed by atoms with Gasteiger partial charge >= 0.3 is 0 Å². The van der Waals surface area contributed by atoms with Crippen molar-refractivity contribution in [2.45, 2.75) is 52.4 Å². The minimum Gasteiger partial charge on any atom is -0.298 e. The van der Waals surface area contributed by atoms with Gasteiger partial charge in [-0.25, -0.2) is 0 Å². The van der Waals surface area contributed by atoms with E-state index in [9.17, 15) is 4.79 Å². The van der Waals surface area contributed by atoms with Crippen LogP contribution in [0.3, 0.4) is 0 Å². The van der Waals surface area contributed by atoms with Crippen molar-refractivity contribution >= 4 is 5.78 Å². The fraction of sp³-hybridized carbons (Fsp3) is 0.933. The molecule has 1 aliphatic carbocycles. The van der Waals surface area contributed by atoms with E-state index in [2.05, 4.69) is 18.7 Å². The van der Waals surface area contributed by atoms with Crippen LogP contribution in [0.4, 0.5) is 0 Å². The first-order valence-corrected chi connectivity index (χ1v) is 7.40.